The predicted octanol–water partition coefficient (Wildman–Crippen LogP) is 2.65. The van der Waals surface area contributed by atoms with Gasteiger partial charge in [0, 0.05) is 5.56 Å². The minimum atomic E-state index is 0.515. The van der Waals surface area contributed by atoms with Crippen LogP contribution in [0, 0.1) is 6.92 Å². The van der Waals surface area contributed by atoms with E-state index in [-0.39, 0.29) is 0 Å². The van der Waals surface area contributed by atoms with Crippen LogP contribution >= 0.6 is 0 Å². The maximum absolute atomic E-state index is 5.67. The molecule has 0 spiro atoms. The molecule has 0 atom stereocenters. The molecule has 0 saturated heterocycles. The summed E-state index contributed by atoms with van der Waals surface area (Å²) in [6.07, 6.45) is 0. The molecule has 0 radical (unpaired) electrons. The van der Waals surface area contributed by atoms with Crippen molar-refractivity contribution in [2.24, 2.45) is 0 Å². The van der Waals surface area contributed by atoms with Crippen molar-refractivity contribution in [1.29, 1.82) is 0 Å². The molecule has 0 aliphatic carbocycles. The highest BCUT2D eigenvalue weighted by Crippen LogP contribution is 2.29. The minimum absolute atomic E-state index is 0.515. The average Bonchev–Trinajstić information content (AvgIpc) is 2.29. The van der Waals surface area contributed by atoms with Crippen LogP contribution in [0.4, 0.5) is 5.82 Å². The lowest BCUT2D eigenvalue weighted by atomic mass is 10.1. The summed E-state index contributed by atoms with van der Waals surface area (Å²) in [4.78, 5) is 4.29. The summed E-state index contributed by atoms with van der Waals surface area (Å²) < 4.78 is 5.31. The molecule has 2 aromatic rings. The van der Waals surface area contributed by atoms with Crippen LogP contribution < -0.4 is 10.5 Å². The van der Waals surface area contributed by atoms with Gasteiger partial charge in [-0.05, 0) is 31.2 Å². The first kappa shape index (κ1) is 10.5. The highest BCUT2D eigenvalue weighted by molar-refractivity contribution is 5.69. The Hall–Kier alpha value is -2.03. The Balaban J connectivity index is 2.58. The lowest BCUT2D eigenvalue weighted by Crippen LogP contribution is -1.94. The number of rotatable bonds is 2. The van der Waals surface area contributed by atoms with E-state index < -0.39 is 0 Å². The van der Waals surface area contributed by atoms with Crippen LogP contribution in [-0.2, 0) is 0 Å². The summed E-state index contributed by atoms with van der Waals surface area (Å²) in [6, 6.07) is 11.6. The molecule has 1 aromatic carbocycles. The van der Waals surface area contributed by atoms with Crippen LogP contribution in [0.2, 0.25) is 0 Å². The third-order valence-corrected chi connectivity index (χ3v) is 2.40. The summed E-state index contributed by atoms with van der Waals surface area (Å²) in [5.74, 6) is 1.32. The van der Waals surface area contributed by atoms with Crippen molar-refractivity contribution >= 4 is 5.82 Å². The van der Waals surface area contributed by atoms with Crippen molar-refractivity contribution < 1.29 is 4.74 Å². The minimum Gasteiger partial charge on any atom is -0.496 e. The second-order valence-electron chi connectivity index (χ2n) is 3.65. The van der Waals surface area contributed by atoms with E-state index in [1.54, 1.807) is 13.2 Å². The fraction of sp³-hybridized carbons (Fsp3) is 0.154. The zero-order valence-corrected chi connectivity index (χ0v) is 9.40. The van der Waals surface area contributed by atoms with Gasteiger partial charge in [-0.2, -0.15) is 0 Å². The molecular formula is C13H14N2O. The van der Waals surface area contributed by atoms with Gasteiger partial charge in [0.05, 0.1) is 12.8 Å². The molecule has 0 bridgehead atoms. The van der Waals surface area contributed by atoms with E-state index in [4.69, 9.17) is 10.5 Å². The van der Waals surface area contributed by atoms with Crippen LogP contribution in [-0.4, -0.2) is 12.1 Å². The maximum atomic E-state index is 5.67. The fourth-order valence-corrected chi connectivity index (χ4v) is 1.62. The Morgan fingerprint density at radius 1 is 1.19 bits per heavy atom. The first-order valence-corrected chi connectivity index (χ1v) is 5.08. The first-order chi connectivity index (χ1) is 7.70. The Morgan fingerprint density at radius 3 is 2.69 bits per heavy atom. The topological polar surface area (TPSA) is 48.1 Å². The second-order valence-corrected chi connectivity index (χ2v) is 3.65. The number of hydrogen-bond acceptors (Lipinski definition) is 3. The lowest BCUT2D eigenvalue weighted by molar-refractivity contribution is 0.416. The zero-order valence-electron chi connectivity index (χ0n) is 9.40. The van der Waals surface area contributed by atoms with Crippen LogP contribution in [0.5, 0.6) is 5.75 Å². The van der Waals surface area contributed by atoms with Gasteiger partial charge < -0.3 is 10.5 Å². The summed E-state index contributed by atoms with van der Waals surface area (Å²) in [5, 5.41) is 0. The van der Waals surface area contributed by atoms with Crippen molar-refractivity contribution in [2.45, 2.75) is 6.92 Å². The number of anilines is 1. The standard InChI is InChI=1S/C13H14N2O/c1-9-6-7-12(16-2)10(8-9)11-4-3-5-13(14)15-11/h3-8H,1-2H3,(H2,14,15). The molecule has 1 aromatic heterocycles. The second kappa shape index (κ2) is 4.23. The molecule has 0 unspecified atom stereocenters. The monoisotopic (exact) mass is 214 g/mol. The number of nitrogens with zero attached hydrogens (tertiary/aromatic N) is 1. The smallest absolute Gasteiger partial charge is 0.128 e. The van der Waals surface area contributed by atoms with Crippen molar-refractivity contribution in [3.63, 3.8) is 0 Å². The Morgan fingerprint density at radius 2 is 2.00 bits per heavy atom. The molecule has 82 valence electrons. The maximum Gasteiger partial charge on any atom is 0.128 e. The third-order valence-electron chi connectivity index (χ3n) is 2.40. The van der Waals surface area contributed by atoms with E-state index in [0.29, 0.717) is 5.82 Å². The summed E-state index contributed by atoms with van der Waals surface area (Å²) in [5.41, 5.74) is 8.64. The molecule has 2 rings (SSSR count). The number of ether oxygens (including phenoxy) is 1. The van der Waals surface area contributed by atoms with Gasteiger partial charge in [-0.15, -0.1) is 0 Å². The number of hydrogen-bond donors (Lipinski definition) is 1. The number of methoxy groups -OCH3 is 1. The van der Waals surface area contributed by atoms with E-state index in [2.05, 4.69) is 4.98 Å². The van der Waals surface area contributed by atoms with Gasteiger partial charge >= 0.3 is 0 Å². The van der Waals surface area contributed by atoms with Gasteiger partial charge in [-0.3, -0.25) is 0 Å². The molecule has 0 aliphatic rings. The predicted molar refractivity (Wildman–Crippen MR) is 65.4 cm³/mol. The van der Waals surface area contributed by atoms with E-state index in [9.17, 15) is 0 Å². The molecular weight excluding hydrogens is 200 g/mol. The summed E-state index contributed by atoms with van der Waals surface area (Å²) >= 11 is 0. The number of nitrogens with two attached hydrogens (primary N) is 1. The van der Waals surface area contributed by atoms with Crippen LogP contribution in [0.25, 0.3) is 11.3 Å². The summed E-state index contributed by atoms with van der Waals surface area (Å²) in [6.45, 7) is 2.04. The molecule has 16 heavy (non-hydrogen) atoms. The molecule has 3 heteroatoms. The quantitative estimate of drug-likeness (QED) is 0.836. The van der Waals surface area contributed by atoms with Crippen molar-refractivity contribution in [3.05, 3.63) is 42.0 Å². The van der Waals surface area contributed by atoms with Crippen molar-refractivity contribution in [1.82, 2.24) is 4.98 Å². The normalized spacial score (nSPS) is 10.1. The Labute approximate surface area is 94.9 Å². The zero-order chi connectivity index (χ0) is 11.5. The van der Waals surface area contributed by atoms with Crippen LogP contribution in [0.3, 0.4) is 0 Å². The van der Waals surface area contributed by atoms with E-state index in [1.165, 1.54) is 5.56 Å². The lowest BCUT2D eigenvalue weighted by Gasteiger charge is -2.09. The molecule has 2 N–H and O–H groups in total. The first-order valence-electron chi connectivity index (χ1n) is 5.08. The van der Waals surface area contributed by atoms with Gasteiger partial charge in [0.15, 0.2) is 0 Å². The van der Waals surface area contributed by atoms with Crippen molar-refractivity contribution in [3.8, 4) is 17.0 Å². The number of pyridine rings is 1. The molecule has 0 amide bonds. The van der Waals surface area contributed by atoms with Crippen LogP contribution in [0.15, 0.2) is 36.4 Å². The highest BCUT2D eigenvalue weighted by Gasteiger charge is 2.07. The van der Waals surface area contributed by atoms with E-state index in [1.807, 2.05) is 37.3 Å². The number of nitrogen functional groups attached to an aromatic ring is 1. The SMILES string of the molecule is COc1ccc(C)cc1-c1cccc(N)n1. The van der Waals surface area contributed by atoms with Gasteiger partial charge in [-0.1, -0.05) is 17.7 Å². The van der Waals surface area contributed by atoms with Crippen molar-refractivity contribution in [2.75, 3.05) is 12.8 Å². The third kappa shape index (κ3) is 1.98. The molecule has 0 fully saturated rings. The molecule has 3 nitrogen and oxygen atoms in total. The average molecular weight is 214 g/mol. The molecule has 0 saturated carbocycles. The Bertz CT molecular complexity index is 509. The molecule has 0 aliphatic heterocycles. The van der Waals surface area contributed by atoms with E-state index in [0.717, 1.165) is 17.0 Å². The van der Waals surface area contributed by atoms with Gasteiger partial charge in [0.25, 0.3) is 0 Å². The molecule has 1 heterocycles. The number of benzene rings is 1. The summed E-state index contributed by atoms with van der Waals surface area (Å²) in [7, 11) is 1.65. The highest BCUT2D eigenvalue weighted by atomic mass is 16.5. The van der Waals surface area contributed by atoms with Gasteiger partial charge in [0.2, 0.25) is 0 Å². The Kier molecular flexibility index (Phi) is 2.77. The number of aromatic nitrogens is 1. The van der Waals surface area contributed by atoms with Gasteiger partial charge in [0.1, 0.15) is 11.6 Å². The fourth-order valence-electron chi connectivity index (χ4n) is 1.62. The van der Waals surface area contributed by atoms with E-state index >= 15 is 0 Å². The van der Waals surface area contributed by atoms with Gasteiger partial charge in [-0.25, -0.2) is 4.98 Å². The van der Waals surface area contributed by atoms with Crippen LogP contribution in [0.1, 0.15) is 5.56 Å². The largest absolute Gasteiger partial charge is 0.496 e. The number of aryl methyl sites for hydroxylation is 1.